The number of carbonyl (C=O) groups excluding carboxylic acids is 3. The number of halogens is 3. The number of nitrogens with one attached hydrogen (secondary N) is 1. The zero-order chi connectivity index (χ0) is 23.8. The van der Waals surface area contributed by atoms with Crippen LogP contribution in [0.4, 0.5) is 18.9 Å². The number of rotatable bonds is 2. The quantitative estimate of drug-likeness (QED) is 0.663. The number of aryl methyl sites for hydroxylation is 1. The molecule has 1 aromatic carbocycles. The molecule has 2 aliphatic rings. The molecular weight excluding hydrogens is 447 g/mol. The molecule has 3 heterocycles. The molecule has 1 atom stereocenters. The third-order valence-electron chi connectivity index (χ3n) is 5.25. The van der Waals surface area contributed by atoms with Gasteiger partial charge in [0.05, 0.1) is 11.4 Å². The fourth-order valence-electron chi connectivity index (χ4n) is 3.57. The molecule has 33 heavy (non-hydrogen) atoms. The van der Waals surface area contributed by atoms with Crippen molar-refractivity contribution < 1.29 is 37.1 Å². The van der Waals surface area contributed by atoms with Crippen LogP contribution in [0.5, 0.6) is 5.75 Å². The molecule has 0 spiro atoms. The molecule has 0 bridgehead atoms. The molecule has 2 aromatic rings. The zero-order valence-electron chi connectivity index (χ0n) is 17.5. The van der Waals surface area contributed by atoms with Crippen LogP contribution in [0.25, 0.3) is 0 Å². The van der Waals surface area contributed by atoms with E-state index in [4.69, 9.17) is 4.74 Å². The fourth-order valence-corrected chi connectivity index (χ4v) is 3.57. The summed E-state index contributed by atoms with van der Waals surface area (Å²) in [5.41, 5.74) is 0.714. The Morgan fingerprint density at radius 3 is 2.82 bits per heavy atom. The second kappa shape index (κ2) is 8.73. The molecule has 176 valence electrons. The summed E-state index contributed by atoms with van der Waals surface area (Å²) in [4.78, 5) is 43.5. The molecule has 2 aliphatic heterocycles. The Balaban J connectivity index is 1.69. The topological polar surface area (TPSA) is 106 Å². The van der Waals surface area contributed by atoms with E-state index in [0.29, 0.717) is 24.5 Å². The van der Waals surface area contributed by atoms with E-state index in [9.17, 15) is 27.6 Å². The second-order valence-corrected chi connectivity index (χ2v) is 7.47. The summed E-state index contributed by atoms with van der Waals surface area (Å²) in [5, 5.41) is 7.39. The highest BCUT2D eigenvalue weighted by atomic mass is 19.4. The molecule has 4 rings (SSSR count). The van der Waals surface area contributed by atoms with Gasteiger partial charge in [-0.15, -0.1) is 5.06 Å². The molecule has 13 heteroatoms. The smallest absolute Gasteiger partial charge is 0.489 e. The van der Waals surface area contributed by atoms with Crippen molar-refractivity contribution >= 4 is 23.5 Å². The highest BCUT2D eigenvalue weighted by molar-refractivity contribution is 6.02. The van der Waals surface area contributed by atoms with Crippen molar-refractivity contribution in [2.45, 2.75) is 31.7 Å². The summed E-state index contributed by atoms with van der Waals surface area (Å²) < 4.78 is 46.0. The van der Waals surface area contributed by atoms with E-state index in [1.807, 2.05) is 0 Å². The lowest BCUT2D eigenvalue weighted by Gasteiger charge is -2.28. The monoisotopic (exact) mass is 467 g/mol. The number of carbonyl (C=O) groups is 3. The molecule has 0 radical (unpaired) electrons. The molecule has 0 aliphatic carbocycles. The average Bonchev–Trinajstić information content (AvgIpc) is 2.99. The number of anilines is 1. The van der Waals surface area contributed by atoms with Crippen molar-refractivity contribution in [1.82, 2.24) is 20.2 Å². The van der Waals surface area contributed by atoms with E-state index in [2.05, 4.69) is 15.3 Å². The summed E-state index contributed by atoms with van der Waals surface area (Å²) in [5.74, 6) is -4.33. The van der Waals surface area contributed by atoms with Crippen LogP contribution in [0.3, 0.4) is 0 Å². The van der Waals surface area contributed by atoms with Gasteiger partial charge < -0.3 is 19.8 Å². The van der Waals surface area contributed by atoms with Crippen LogP contribution >= 0.6 is 0 Å². The average molecular weight is 467 g/mol. The Kier molecular flexibility index (Phi) is 5.97. The van der Waals surface area contributed by atoms with Gasteiger partial charge in [-0.1, -0.05) is 12.1 Å². The molecule has 0 saturated carbocycles. The minimum Gasteiger partial charge on any atom is -0.489 e. The Morgan fingerprint density at radius 2 is 2.06 bits per heavy atom. The van der Waals surface area contributed by atoms with Gasteiger partial charge in [-0.05, 0) is 31.2 Å². The lowest BCUT2D eigenvalue weighted by atomic mass is 10.2. The Bertz CT molecular complexity index is 1060. The van der Waals surface area contributed by atoms with Crippen molar-refractivity contribution in [3.05, 3.63) is 41.7 Å². The first-order valence-electron chi connectivity index (χ1n) is 10.1. The zero-order valence-corrected chi connectivity index (χ0v) is 17.5. The van der Waals surface area contributed by atoms with Crippen molar-refractivity contribution in [3.8, 4) is 5.75 Å². The number of aromatic nitrogens is 2. The molecule has 2 amide bonds. The number of ether oxygens (including phenoxy) is 1. The number of hydrogen-bond donors (Lipinski definition) is 1. The van der Waals surface area contributed by atoms with Crippen molar-refractivity contribution in [2.24, 2.45) is 0 Å². The van der Waals surface area contributed by atoms with E-state index in [1.165, 1.54) is 13.1 Å². The maximum absolute atomic E-state index is 13.2. The molecular formula is C20H20F3N5O5. The summed E-state index contributed by atoms with van der Waals surface area (Å²) in [7, 11) is 1.38. The Hall–Kier alpha value is -3.61. The lowest BCUT2D eigenvalue weighted by molar-refractivity contribution is -0.234. The van der Waals surface area contributed by atoms with E-state index in [-0.39, 0.29) is 16.5 Å². The number of para-hydroxylation sites is 2. The van der Waals surface area contributed by atoms with Crippen molar-refractivity contribution in [3.63, 3.8) is 0 Å². The Morgan fingerprint density at radius 1 is 1.30 bits per heavy atom. The first-order chi connectivity index (χ1) is 15.7. The standard InChI is InChI=1S/C20H20F3N5O5/c1-26-14-5-2-3-6-16(14)32-11-15(18(26)30)28(33-19(31)20(21,22)23)17(29)13-9-12-10-24-7-4-8-27(12)25-13/h2-3,5-6,9,15,24H,4,7-8,10-11H2,1H3/t15-/m0/s1. The number of alkyl halides is 3. The van der Waals surface area contributed by atoms with Gasteiger partial charge in [0.15, 0.2) is 11.7 Å². The Labute approximate surface area is 185 Å². The minimum atomic E-state index is -5.39. The number of likely N-dealkylation sites (N-methyl/N-ethyl adjacent to an activating group) is 1. The number of hydrogen-bond acceptors (Lipinski definition) is 7. The third-order valence-corrected chi connectivity index (χ3v) is 5.25. The third kappa shape index (κ3) is 4.49. The minimum absolute atomic E-state index is 0.107. The molecule has 0 fully saturated rings. The lowest BCUT2D eigenvalue weighted by Crippen LogP contribution is -2.53. The largest absolute Gasteiger partial charge is 0.493 e. The van der Waals surface area contributed by atoms with Crippen LogP contribution in [0.1, 0.15) is 22.6 Å². The predicted molar refractivity (Wildman–Crippen MR) is 106 cm³/mol. The van der Waals surface area contributed by atoms with Crippen LogP contribution in [0.2, 0.25) is 0 Å². The number of hydroxylamine groups is 2. The van der Waals surface area contributed by atoms with Crippen LogP contribution in [0, 0.1) is 0 Å². The van der Waals surface area contributed by atoms with Crippen LogP contribution in [0.15, 0.2) is 30.3 Å². The summed E-state index contributed by atoms with van der Waals surface area (Å²) in [6.07, 6.45) is -4.66. The summed E-state index contributed by atoms with van der Waals surface area (Å²) in [6.45, 7) is 1.09. The first-order valence-corrected chi connectivity index (χ1v) is 10.1. The van der Waals surface area contributed by atoms with Gasteiger partial charge in [0.25, 0.3) is 5.91 Å². The van der Waals surface area contributed by atoms with E-state index < -0.39 is 36.6 Å². The first kappa shape index (κ1) is 22.6. The van der Waals surface area contributed by atoms with E-state index >= 15 is 0 Å². The summed E-state index contributed by atoms with van der Waals surface area (Å²) >= 11 is 0. The van der Waals surface area contributed by atoms with Crippen molar-refractivity contribution in [1.29, 1.82) is 0 Å². The predicted octanol–water partition coefficient (Wildman–Crippen LogP) is 1.26. The van der Waals surface area contributed by atoms with Gasteiger partial charge >= 0.3 is 18.1 Å². The van der Waals surface area contributed by atoms with Crippen LogP contribution in [-0.4, -0.2) is 65.0 Å². The maximum Gasteiger partial charge on any atom is 0.493 e. The highest BCUT2D eigenvalue weighted by Crippen LogP contribution is 2.31. The number of benzene rings is 1. The van der Waals surface area contributed by atoms with Gasteiger partial charge in [-0.3, -0.25) is 14.3 Å². The van der Waals surface area contributed by atoms with Crippen LogP contribution < -0.4 is 15.0 Å². The number of amides is 2. The second-order valence-electron chi connectivity index (χ2n) is 7.47. The molecule has 0 unspecified atom stereocenters. The maximum atomic E-state index is 13.2. The fraction of sp³-hybridized carbons (Fsp3) is 0.400. The summed E-state index contributed by atoms with van der Waals surface area (Å²) in [6, 6.07) is 6.13. The highest BCUT2D eigenvalue weighted by Gasteiger charge is 2.47. The van der Waals surface area contributed by atoms with E-state index in [0.717, 1.165) is 17.9 Å². The van der Waals surface area contributed by atoms with Crippen LogP contribution in [-0.2, 0) is 27.5 Å². The van der Waals surface area contributed by atoms with Crippen molar-refractivity contribution in [2.75, 3.05) is 25.1 Å². The van der Waals surface area contributed by atoms with Gasteiger partial charge in [0.2, 0.25) is 0 Å². The van der Waals surface area contributed by atoms with Gasteiger partial charge in [-0.25, -0.2) is 4.79 Å². The SMILES string of the molecule is CN1C(=O)[C@@H](N(OC(=O)C(F)(F)F)C(=O)c2cc3n(n2)CCCNC3)COc2ccccc21. The molecule has 0 saturated heterocycles. The number of nitrogens with zero attached hydrogens (tertiary/aromatic N) is 4. The molecule has 1 N–H and O–H groups in total. The van der Waals surface area contributed by atoms with Gasteiger partial charge in [0, 0.05) is 20.1 Å². The van der Waals surface area contributed by atoms with E-state index in [1.54, 1.807) is 28.9 Å². The normalized spacial score (nSPS) is 18.4. The number of fused-ring (bicyclic) bond motifs is 2. The van der Waals surface area contributed by atoms with Gasteiger partial charge in [-0.2, -0.15) is 18.3 Å². The van der Waals surface area contributed by atoms with Gasteiger partial charge in [0.1, 0.15) is 12.4 Å². The molecule has 10 nitrogen and oxygen atoms in total. The molecule has 1 aromatic heterocycles.